The van der Waals surface area contributed by atoms with E-state index in [1.807, 2.05) is 0 Å². The van der Waals surface area contributed by atoms with Gasteiger partial charge in [-0.25, -0.2) is 0 Å². The molecule has 0 saturated carbocycles. The smallest absolute Gasteiger partial charge is 0.0586 e. The molecule has 20 heavy (non-hydrogen) atoms. The minimum absolute atomic E-state index is 0.0309. The zero-order chi connectivity index (χ0) is 14.8. The van der Waals surface area contributed by atoms with Gasteiger partial charge in [0.05, 0.1) is 5.54 Å². The molecule has 1 aliphatic rings. The fourth-order valence-electron chi connectivity index (χ4n) is 3.88. The van der Waals surface area contributed by atoms with Gasteiger partial charge in [-0.2, -0.15) is 0 Å². The maximum Gasteiger partial charge on any atom is 0.0586 e. The number of fused-ring (bicyclic) bond motifs is 1. The quantitative estimate of drug-likeness (QED) is 0.890. The van der Waals surface area contributed by atoms with Gasteiger partial charge in [-0.15, -0.1) is 0 Å². The molecule has 0 spiro atoms. The zero-order valence-electron chi connectivity index (χ0n) is 13.5. The first-order chi connectivity index (χ1) is 9.51. The summed E-state index contributed by atoms with van der Waals surface area (Å²) in [4.78, 5) is 2.55. The molecule has 1 aliphatic carbocycles. The Balaban J connectivity index is 2.35. The molecule has 2 unspecified atom stereocenters. The Labute approximate surface area is 124 Å². The molecule has 2 atom stereocenters. The number of benzene rings is 1. The van der Waals surface area contributed by atoms with E-state index in [4.69, 9.17) is 5.73 Å². The van der Waals surface area contributed by atoms with Crippen LogP contribution >= 0.6 is 0 Å². The predicted molar refractivity (Wildman–Crippen MR) is 86.8 cm³/mol. The Kier molecular flexibility index (Phi) is 4.87. The molecule has 112 valence electrons. The van der Waals surface area contributed by atoms with Gasteiger partial charge in [0, 0.05) is 12.6 Å². The molecule has 1 aromatic carbocycles. The highest BCUT2D eigenvalue weighted by molar-refractivity contribution is 5.36. The highest BCUT2D eigenvalue weighted by Gasteiger charge is 2.40. The highest BCUT2D eigenvalue weighted by atomic mass is 15.2. The summed E-state index contributed by atoms with van der Waals surface area (Å²) >= 11 is 0. The molecule has 1 aromatic rings. The van der Waals surface area contributed by atoms with Gasteiger partial charge in [-0.05, 0) is 56.7 Å². The van der Waals surface area contributed by atoms with Crippen LogP contribution in [0.5, 0.6) is 0 Å². The molecule has 2 N–H and O–H groups in total. The lowest BCUT2D eigenvalue weighted by Gasteiger charge is -2.48. The topological polar surface area (TPSA) is 29.3 Å². The second-order valence-electron chi connectivity index (χ2n) is 6.84. The van der Waals surface area contributed by atoms with Crippen LogP contribution in [0.15, 0.2) is 24.3 Å². The fourth-order valence-corrected chi connectivity index (χ4v) is 3.88. The Morgan fingerprint density at radius 1 is 1.25 bits per heavy atom. The summed E-state index contributed by atoms with van der Waals surface area (Å²) in [5, 5.41) is 0. The van der Waals surface area contributed by atoms with Gasteiger partial charge in [-0.3, -0.25) is 4.90 Å². The van der Waals surface area contributed by atoms with E-state index in [0.717, 1.165) is 5.92 Å². The first-order valence-electron chi connectivity index (χ1n) is 8.02. The number of likely N-dealkylation sites (N-methyl/N-ethyl adjacent to an activating group) is 1. The van der Waals surface area contributed by atoms with E-state index in [0.29, 0.717) is 12.6 Å². The van der Waals surface area contributed by atoms with Crippen LogP contribution in [0.2, 0.25) is 0 Å². The molecule has 0 amide bonds. The third-order valence-corrected chi connectivity index (χ3v) is 5.04. The Hall–Kier alpha value is -0.860. The molecule has 0 aromatic heterocycles. The molecule has 0 bridgehead atoms. The summed E-state index contributed by atoms with van der Waals surface area (Å²) in [5.41, 5.74) is 9.27. The van der Waals surface area contributed by atoms with Crippen LogP contribution < -0.4 is 5.73 Å². The van der Waals surface area contributed by atoms with E-state index in [1.54, 1.807) is 0 Å². The summed E-state index contributed by atoms with van der Waals surface area (Å²) < 4.78 is 0. The first kappa shape index (κ1) is 15.5. The Morgan fingerprint density at radius 2 is 1.95 bits per heavy atom. The fraction of sp³-hybridized carbons (Fsp3) is 0.667. The van der Waals surface area contributed by atoms with E-state index < -0.39 is 0 Å². The number of hydrogen-bond donors (Lipinski definition) is 1. The SMILES string of the molecule is CC(C)CC(C)N(C)C1(CN)CCCc2ccccc21. The standard InChI is InChI=1S/C18H30N2/c1-14(2)12-15(3)20(4)18(13-19)11-7-9-16-8-5-6-10-17(16)18/h5-6,8,10,14-15H,7,9,11-13,19H2,1-4H3. The average molecular weight is 274 g/mol. The van der Waals surface area contributed by atoms with E-state index in [1.165, 1.54) is 36.8 Å². The number of hydrogen-bond acceptors (Lipinski definition) is 2. The van der Waals surface area contributed by atoms with Crippen molar-refractivity contribution >= 4 is 0 Å². The average Bonchev–Trinajstić information content (AvgIpc) is 2.45. The molecule has 0 saturated heterocycles. The molecular formula is C18H30N2. The largest absolute Gasteiger partial charge is 0.328 e. The summed E-state index contributed by atoms with van der Waals surface area (Å²) in [6.45, 7) is 7.65. The molecule has 0 radical (unpaired) electrons. The monoisotopic (exact) mass is 274 g/mol. The van der Waals surface area contributed by atoms with Gasteiger partial charge in [0.15, 0.2) is 0 Å². The number of rotatable bonds is 5. The number of nitrogens with two attached hydrogens (primary N) is 1. The summed E-state index contributed by atoms with van der Waals surface area (Å²) in [6.07, 6.45) is 4.84. The van der Waals surface area contributed by atoms with Crippen LogP contribution in [0.25, 0.3) is 0 Å². The minimum atomic E-state index is 0.0309. The first-order valence-corrected chi connectivity index (χ1v) is 8.02. The van der Waals surface area contributed by atoms with Crippen molar-refractivity contribution in [2.75, 3.05) is 13.6 Å². The van der Waals surface area contributed by atoms with Gasteiger partial charge in [0.2, 0.25) is 0 Å². The van der Waals surface area contributed by atoms with Crippen LogP contribution in [-0.2, 0) is 12.0 Å². The molecule has 0 aliphatic heterocycles. The van der Waals surface area contributed by atoms with E-state index >= 15 is 0 Å². The molecule has 2 nitrogen and oxygen atoms in total. The zero-order valence-corrected chi connectivity index (χ0v) is 13.5. The van der Waals surface area contributed by atoms with E-state index in [2.05, 4.69) is 57.0 Å². The van der Waals surface area contributed by atoms with Crippen molar-refractivity contribution in [1.82, 2.24) is 4.90 Å². The third-order valence-electron chi connectivity index (χ3n) is 5.04. The van der Waals surface area contributed by atoms with E-state index in [9.17, 15) is 0 Å². The third kappa shape index (κ3) is 2.77. The molecule has 2 heteroatoms. The molecule has 0 heterocycles. The Bertz CT molecular complexity index is 441. The van der Waals surface area contributed by atoms with Crippen LogP contribution in [0.4, 0.5) is 0 Å². The van der Waals surface area contributed by atoms with Crippen LogP contribution in [-0.4, -0.2) is 24.5 Å². The lowest BCUT2D eigenvalue weighted by molar-refractivity contribution is 0.0565. The second-order valence-corrected chi connectivity index (χ2v) is 6.84. The molecule has 2 rings (SSSR count). The van der Waals surface area contributed by atoms with Gasteiger partial charge >= 0.3 is 0 Å². The van der Waals surface area contributed by atoms with Gasteiger partial charge in [0.25, 0.3) is 0 Å². The van der Waals surface area contributed by atoms with Crippen molar-refractivity contribution < 1.29 is 0 Å². The van der Waals surface area contributed by atoms with Gasteiger partial charge < -0.3 is 5.73 Å². The van der Waals surface area contributed by atoms with Gasteiger partial charge in [0.1, 0.15) is 0 Å². The van der Waals surface area contributed by atoms with Crippen LogP contribution in [0.1, 0.15) is 51.2 Å². The van der Waals surface area contributed by atoms with Crippen molar-refractivity contribution in [3.63, 3.8) is 0 Å². The van der Waals surface area contributed by atoms with Crippen LogP contribution in [0, 0.1) is 5.92 Å². The van der Waals surface area contributed by atoms with Gasteiger partial charge in [-0.1, -0.05) is 38.1 Å². The second kappa shape index (κ2) is 6.28. The Morgan fingerprint density at radius 3 is 2.60 bits per heavy atom. The summed E-state index contributed by atoms with van der Waals surface area (Å²) in [5.74, 6) is 0.723. The van der Waals surface area contributed by atoms with Crippen molar-refractivity contribution in [2.24, 2.45) is 11.7 Å². The lowest BCUT2D eigenvalue weighted by atomic mass is 9.74. The molecule has 0 fully saturated rings. The summed E-state index contributed by atoms with van der Waals surface area (Å²) in [6, 6.07) is 9.45. The highest BCUT2D eigenvalue weighted by Crippen LogP contribution is 2.40. The maximum atomic E-state index is 6.28. The predicted octanol–water partition coefficient (Wildman–Crippen LogP) is 3.54. The minimum Gasteiger partial charge on any atom is -0.328 e. The lowest BCUT2D eigenvalue weighted by Crippen LogP contribution is -2.54. The molecular weight excluding hydrogens is 244 g/mol. The van der Waals surface area contributed by atoms with Crippen molar-refractivity contribution in [1.29, 1.82) is 0 Å². The normalized spacial score (nSPS) is 23.9. The van der Waals surface area contributed by atoms with Crippen molar-refractivity contribution in [2.45, 2.75) is 58.0 Å². The van der Waals surface area contributed by atoms with Crippen molar-refractivity contribution in [3.8, 4) is 0 Å². The van der Waals surface area contributed by atoms with E-state index in [-0.39, 0.29) is 5.54 Å². The van der Waals surface area contributed by atoms with Crippen LogP contribution in [0.3, 0.4) is 0 Å². The van der Waals surface area contributed by atoms with Crippen molar-refractivity contribution in [3.05, 3.63) is 35.4 Å². The summed E-state index contributed by atoms with van der Waals surface area (Å²) in [7, 11) is 2.27. The number of aryl methyl sites for hydroxylation is 1. The maximum absolute atomic E-state index is 6.28. The number of nitrogens with zero attached hydrogens (tertiary/aromatic N) is 1.